The SMILES string of the molecule is CC(C)(CNC(=O)c1ccc(C2CCC2)cc1)C(=O)O. The van der Waals surface area contributed by atoms with Gasteiger partial charge >= 0.3 is 5.97 Å². The van der Waals surface area contributed by atoms with Crippen LogP contribution in [0.2, 0.25) is 0 Å². The van der Waals surface area contributed by atoms with E-state index in [1.807, 2.05) is 24.3 Å². The highest BCUT2D eigenvalue weighted by Crippen LogP contribution is 2.36. The summed E-state index contributed by atoms with van der Waals surface area (Å²) in [5.41, 5.74) is 0.912. The van der Waals surface area contributed by atoms with E-state index in [1.165, 1.54) is 24.8 Å². The molecule has 1 aliphatic rings. The van der Waals surface area contributed by atoms with Gasteiger partial charge in [0, 0.05) is 12.1 Å². The second kappa shape index (κ2) is 5.65. The van der Waals surface area contributed by atoms with Crippen LogP contribution in [-0.2, 0) is 4.79 Å². The first kappa shape index (κ1) is 14.6. The van der Waals surface area contributed by atoms with Crippen LogP contribution in [0.15, 0.2) is 24.3 Å². The van der Waals surface area contributed by atoms with Gasteiger partial charge < -0.3 is 10.4 Å². The van der Waals surface area contributed by atoms with Crippen molar-refractivity contribution in [2.75, 3.05) is 6.54 Å². The van der Waals surface area contributed by atoms with E-state index in [4.69, 9.17) is 5.11 Å². The zero-order chi connectivity index (χ0) is 14.8. The molecular weight excluding hydrogens is 254 g/mol. The fraction of sp³-hybridized carbons (Fsp3) is 0.500. The van der Waals surface area contributed by atoms with Crippen LogP contribution < -0.4 is 5.32 Å². The normalized spacial score (nSPS) is 15.5. The number of carboxylic acids is 1. The van der Waals surface area contributed by atoms with E-state index in [9.17, 15) is 9.59 Å². The molecule has 1 aliphatic carbocycles. The lowest BCUT2D eigenvalue weighted by molar-refractivity contribution is -0.146. The van der Waals surface area contributed by atoms with Crippen LogP contribution in [0, 0.1) is 5.41 Å². The lowest BCUT2D eigenvalue weighted by atomic mass is 9.80. The molecule has 0 spiro atoms. The number of amides is 1. The molecule has 0 heterocycles. The minimum atomic E-state index is -0.957. The first-order valence-corrected chi connectivity index (χ1v) is 7.02. The summed E-state index contributed by atoms with van der Waals surface area (Å²) in [6.45, 7) is 3.30. The van der Waals surface area contributed by atoms with Crippen molar-refractivity contribution in [3.05, 3.63) is 35.4 Å². The van der Waals surface area contributed by atoms with Crippen LogP contribution in [0.3, 0.4) is 0 Å². The topological polar surface area (TPSA) is 66.4 Å². The molecule has 0 radical (unpaired) electrons. The molecular formula is C16H21NO3. The first-order chi connectivity index (χ1) is 9.40. The van der Waals surface area contributed by atoms with E-state index in [0.29, 0.717) is 11.5 Å². The van der Waals surface area contributed by atoms with Crippen LogP contribution in [-0.4, -0.2) is 23.5 Å². The third-order valence-corrected chi connectivity index (χ3v) is 4.02. The van der Waals surface area contributed by atoms with Crippen LogP contribution in [0.5, 0.6) is 0 Å². The molecule has 2 rings (SSSR count). The second-order valence-electron chi connectivity index (χ2n) is 6.12. The third-order valence-electron chi connectivity index (χ3n) is 4.02. The molecule has 0 aliphatic heterocycles. The van der Waals surface area contributed by atoms with E-state index in [0.717, 1.165) is 0 Å². The number of rotatable bonds is 5. The minimum Gasteiger partial charge on any atom is -0.481 e. The Bertz CT molecular complexity index is 501. The van der Waals surface area contributed by atoms with Gasteiger partial charge in [0.15, 0.2) is 0 Å². The average Bonchev–Trinajstić information content (AvgIpc) is 2.35. The Labute approximate surface area is 119 Å². The summed E-state index contributed by atoms with van der Waals surface area (Å²) in [6, 6.07) is 7.63. The van der Waals surface area contributed by atoms with Gasteiger partial charge in [-0.15, -0.1) is 0 Å². The summed E-state index contributed by atoms with van der Waals surface area (Å²) in [4.78, 5) is 23.0. The number of benzene rings is 1. The Kier molecular flexibility index (Phi) is 4.12. The average molecular weight is 275 g/mol. The molecule has 4 nitrogen and oxygen atoms in total. The van der Waals surface area contributed by atoms with Crippen molar-refractivity contribution in [3.8, 4) is 0 Å². The monoisotopic (exact) mass is 275 g/mol. The van der Waals surface area contributed by atoms with Crippen molar-refractivity contribution >= 4 is 11.9 Å². The van der Waals surface area contributed by atoms with Crippen molar-refractivity contribution in [2.45, 2.75) is 39.0 Å². The summed E-state index contributed by atoms with van der Waals surface area (Å²) in [5.74, 6) is -0.490. The van der Waals surface area contributed by atoms with Crippen molar-refractivity contribution in [1.29, 1.82) is 0 Å². The highest BCUT2D eigenvalue weighted by Gasteiger charge is 2.27. The van der Waals surface area contributed by atoms with Gasteiger partial charge in [-0.1, -0.05) is 18.6 Å². The zero-order valence-corrected chi connectivity index (χ0v) is 12.0. The van der Waals surface area contributed by atoms with E-state index in [2.05, 4.69) is 5.32 Å². The third kappa shape index (κ3) is 3.18. The number of hydrogen-bond donors (Lipinski definition) is 2. The predicted molar refractivity (Wildman–Crippen MR) is 76.8 cm³/mol. The highest BCUT2D eigenvalue weighted by molar-refractivity contribution is 5.94. The summed E-state index contributed by atoms with van der Waals surface area (Å²) in [5, 5.41) is 11.7. The summed E-state index contributed by atoms with van der Waals surface area (Å²) in [7, 11) is 0. The number of nitrogens with one attached hydrogen (secondary N) is 1. The molecule has 1 saturated carbocycles. The van der Waals surface area contributed by atoms with Gasteiger partial charge in [-0.05, 0) is 50.3 Å². The molecule has 0 saturated heterocycles. The van der Waals surface area contributed by atoms with Crippen LogP contribution in [0.25, 0.3) is 0 Å². The van der Waals surface area contributed by atoms with Gasteiger partial charge in [-0.2, -0.15) is 0 Å². The van der Waals surface area contributed by atoms with Gasteiger partial charge in [0.1, 0.15) is 0 Å². The smallest absolute Gasteiger partial charge is 0.310 e. The van der Waals surface area contributed by atoms with E-state index in [1.54, 1.807) is 13.8 Å². The lowest BCUT2D eigenvalue weighted by Crippen LogP contribution is -2.38. The van der Waals surface area contributed by atoms with Gasteiger partial charge in [0.2, 0.25) is 0 Å². The van der Waals surface area contributed by atoms with Gasteiger partial charge in [-0.25, -0.2) is 0 Å². The Balaban J connectivity index is 1.94. The zero-order valence-electron chi connectivity index (χ0n) is 12.0. The number of carbonyl (C=O) groups excluding carboxylic acids is 1. The molecule has 0 aromatic heterocycles. The van der Waals surface area contributed by atoms with Gasteiger partial charge in [0.05, 0.1) is 5.41 Å². The summed E-state index contributed by atoms with van der Waals surface area (Å²) >= 11 is 0. The first-order valence-electron chi connectivity index (χ1n) is 7.02. The summed E-state index contributed by atoms with van der Waals surface area (Å²) < 4.78 is 0. The van der Waals surface area contributed by atoms with Gasteiger partial charge in [0.25, 0.3) is 5.91 Å². The van der Waals surface area contributed by atoms with Crippen molar-refractivity contribution in [3.63, 3.8) is 0 Å². The van der Waals surface area contributed by atoms with Gasteiger partial charge in [-0.3, -0.25) is 9.59 Å². The van der Waals surface area contributed by atoms with Crippen LogP contribution >= 0.6 is 0 Å². The maximum absolute atomic E-state index is 12.0. The van der Waals surface area contributed by atoms with Crippen molar-refractivity contribution in [1.82, 2.24) is 5.32 Å². The van der Waals surface area contributed by atoms with Crippen LogP contribution in [0.1, 0.15) is 54.9 Å². The Morgan fingerprint density at radius 2 is 1.85 bits per heavy atom. The van der Waals surface area contributed by atoms with Crippen molar-refractivity contribution < 1.29 is 14.7 Å². The quantitative estimate of drug-likeness (QED) is 0.868. The maximum atomic E-state index is 12.0. The number of carbonyl (C=O) groups is 2. The molecule has 20 heavy (non-hydrogen) atoms. The second-order valence-corrected chi connectivity index (χ2v) is 6.12. The molecule has 0 unspecified atom stereocenters. The minimum absolute atomic E-state index is 0.117. The largest absolute Gasteiger partial charge is 0.481 e. The molecule has 4 heteroatoms. The molecule has 2 N–H and O–H groups in total. The molecule has 1 aromatic rings. The van der Waals surface area contributed by atoms with Crippen molar-refractivity contribution in [2.24, 2.45) is 5.41 Å². The standard InChI is InChI=1S/C16H21NO3/c1-16(2,15(19)20)10-17-14(18)13-8-6-12(7-9-13)11-4-3-5-11/h6-9,11H,3-5,10H2,1-2H3,(H,17,18)(H,19,20). The Hall–Kier alpha value is -1.84. The molecule has 1 aromatic carbocycles. The van der Waals surface area contributed by atoms with E-state index >= 15 is 0 Å². The Morgan fingerprint density at radius 3 is 2.30 bits per heavy atom. The summed E-state index contributed by atoms with van der Waals surface area (Å²) in [6.07, 6.45) is 3.76. The number of aliphatic carboxylic acids is 1. The fourth-order valence-corrected chi connectivity index (χ4v) is 2.13. The van der Waals surface area contributed by atoms with E-state index < -0.39 is 11.4 Å². The predicted octanol–water partition coefficient (Wildman–Crippen LogP) is 2.79. The Morgan fingerprint density at radius 1 is 1.25 bits per heavy atom. The van der Waals surface area contributed by atoms with Crippen LogP contribution in [0.4, 0.5) is 0 Å². The maximum Gasteiger partial charge on any atom is 0.310 e. The number of hydrogen-bond acceptors (Lipinski definition) is 2. The molecule has 0 atom stereocenters. The molecule has 1 fully saturated rings. The lowest BCUT2D eigenvalue weighted by Gasteiger charge is -2.25. The molecule has 108 valence electrons. The molecule has 0 bridgehead atoms. The fourth-order valence-electron chi connectivity index (χ4n) is 2.13. The highest BCUT2D eigenvalue weighted by atomic mass is 16.4. The van der Waals surface area contributed by atoms with E-state index in [-0.39, 0.29) is 12.5 Å². The molecule has 1 amide bonds. The number of carboxylic acid groups (broad SMARTS) is 1.